The Balaban J connectivity index is 2.12. The van der Waals surface area contributed by atoms with Crippen LogP contribution in [0, 0.1) is 5.41 Å². The minimum absolute atomic E-state index is 0.0674. The molecular formula is C24H28N2O6. The van der Waals surface area contributed by atoms with Crippen molar-refractivity contribution in [3.8, 4) is 0 Å². The Morgan fingerprint density at radius 2 is 1.56 bits per heavy atom. The highest BCUT2D eigenvalue weighted by molar-refractivity contribution is 5.95. The number of primary amides is 1. The van der Waals surface area contributed by atoms with Gasteiger partial charge in [0.05, 0.1) is 11.3 Å². The lowest BCUT2D eigenvalue weighted by atomic mass is 9.65. The van der Waals surface area contributed by atoms with E-state index in [0.717, 1.165) is 25.7 Å². The minimum Gasteiger partial charge on any atom is -0.462 e. The van der Waals surface area contributed by atoms with Gasteiger partial charge >= 0.3 is 5.97 Å². The van der Waals surface area contributed by atoms with E-state index in [1.165, 1.54) is 0 Å². The number of carbonyl (C=O) groups excluding carboxylic acids is 3. The van der Waals surface area contributed by atoms with Crippen LogP contribution in [0.3, 0.4) is 0 Å². The Kier molecular flexibility index (Phi) is 7.61. The highest BCUT2D eigenvalue weighted by Crippen LogP contribution is 2.44. The first-order valence-corrected chi connectivity index (χ1v) is 10.6. The summed E-state index contributed by atoms with van der Waals surface area (Å²) < 4.78 is 5.77. The second-order valence-electron chi connectivity index (χ2n) is 8.23. The summed E-state index contributed by atoms with van der Waals surface area (Å²) in [6, 6.07) is 17.4. The fraction of sp³-hybridized carbons (Fsp3) is 0.375. The summed E-state index contributed by atoms with van der Waals surface area (Å²) in [6.45, 7) is 0. The summed E-state index contributed by atoms with van der Waals surface area (Å²) in [7, 11) is 0. The molecule has 1 unspecified atom stereocenters. The van der Waals surface area contributed by atoms with Gasteiger partial charge in [0, 0.05) is 6.42 Å². The molecular weight excluding hydrogens is 412 g/mol. The van der Waals surface area contributed by atoms with Crippen molar-refractivity contribution in [1.82, 2.24) is 5.23 Å². The molecule has 2 aromatic rings. The number of rotatable bonds is 9. The molecule has 4 N–H and O–H groups in total. The lowest BCUT2D eigenvalue weighted by Crippen LogP contribution is -2.50. The lowest BCUT2D eigenvalue weighted by Gasteiger charge is -2.37. The average molecular weight is 440 g/mol. The average Bonchev–Trinajstić information content (AvgIpc) is 3.28. The van der Waals surface area contributed by atoms with E-state index in [9.17, 15) is 24.8 Å². The van der Waals surface area contributed by atoms with Crippen LogP contribution in [-0.4, -0.2) is 39.5 Å². The second-order valence-corrected chi connectivity index (χ2v) is 8.23. The molecule has 32 heavy (non-hydrogen) atoms. The molecule has 2 aromatic carbocycles. The molecule has 1 aliphatic rings. The summed E-state index contributed by atoms with van der Waals surface area (Å²) >= 11 is 0. The first-order valence-electron chi connectivity index (χ1n) is 10.6. The Labute approximate surface area is 186 Å². The van der Waals surface area contributed by atoms with E-state index in [2.05, 4.69) is 0 Å². The van der Waals surface area contributed by atoms with Crippen LogP contribution in [0.5, 0.6) is 0 Å². The third kappa shape index (κ3) is 5.33. The fourth-order valence-electron chi connectivity index (χ4n) is 4.45. The topological polar surface area (TPSA) is 130 Å². The third-order valence-corrected chi connectivity index (χ3v) is 6.05. The SMILES string of the molecule is NC(=O)[C@](CC(=O)N(O)O)(Cc1ccccc1)C(C(=O)OC1CCCC1)c1ccccc1. The molecule has 1 aliphatic carbocycles. The highest BCUT2D eigenvalue weighted by Gasteiger charge is 2.52. The van der Waals surface area contributed by atoms with Gasteiger partial charge in [-0.25, -0.2) is 0 Å². The number of nitrogens with two attached hydrogens (primary N) is 1. The van der Waals surface area contributed by atoms with Crippen molar-refractivity contribution < 1.29 is 29.5 Å². The number of esters is 1. The third-order valence-electron chi connectivity index (χ3n) is 6.05. The summed E-state index contributed by atoms with van der Waals surface area (Å²) in [4.78, 5) is 39.0. The lowest BCUT2D eigenvalue weighted by molar-refractivity contribution is -0.286. The van der Waals surface area contributed by atoms with Gasteiger partial charge in [-0.2, -0.15) is 0 Å². The van der Waals surface area contributed by atoms with Gasteiger partial charge in [0.2, 0.25) is 5.91 Å². The number of amides is 2. The molecule has 8 nitrogen and oxygen atoms in total. The van der Waals surface area contributed by atoms with Crippen molar-refractivity contribution >= 4 is 17.8 Å². The maximum absolute atomic E-state index is 13.5. The van der Waals surface area contributed by atoms with Gasteiger partial charge < -0.3 is 10.5 Å². The zero-order valence-electron chi connectivity index (χ0n) is 17.7. The normalized spacial score (nSPS) is 16.7. The maximum Gasteiger partial charge on any atom is 0.314 e. The largest absolute Gasteiger partial charge is 0.462 e. The molecule has 0 bridgehead atoms. The highest BCUT2D eigenvalue weighted by atomic mass is 16.8. The number of nitrogens with zero attached hydrogens (tertiary/aromatic N) is 1. The maximum atomic E-state index is 13.5. The minimum atomic E-state index is -1.79. The van der Waals surface area contributed by atoms with Crippen LogP contribution >= 0.6 is 0 Å². The van der Waals surface area contributed by atoms with Gasteiger partial charge in [-0.05, 0) is 43.2 Å². The van der Waals surface area contributed by atoms with Gasteiger partial charge in [0.25, 0.3) is 5.91 Å². The Hall–Kier alpha value is -3.23. The molecule has 0 aliphatic heterocycles. The van der Waals surface area contributed by atoms with Crippen molar-refractivity contribution in [2.45, 2.75) is 50.5 Å². The van der Waals surface area contributed by atoms with Crippen LogP contribution in [0.25, 0.3) is 0 Å². The summed E-state index contributed by atoms with van der Waals surface area (Å²) in [5, 5.41) is 18.1. The van der Waals surface area contributed by atoms with Crippen molar-refractivity contribution in [1.29, 1.82) is 0 Å². The summed E-state index contributed by atoms with van der Waals surface area (Å²) in [6.07, 6.45) is 2.33. The molecule has 8 heteroatoms. The van der Waals surface area contributed by atoms with Gasteiger partial charge in [-0.1, -0.05) is 65.9 Å². The first-order chi connectivity index (χ1) is 15.3. The van der Waals surface area contributed by atoms with Crippen molar-refractivity contribution in [2.24, 2.45) is 11.1 Å². The van der Waals surface area contributed by atoms with Crippen LogP contribution in [0.2, 0.25) is 0 Å². The Bertz CT molecular complexity index is 928. The van der Waals surface area contributed by atoms with Gasteiger partial charge in [0.15, 0.2) is 0 Å². The predicted molar refractivity (Wildman–Crippen MR) is 114 cm³/mol. The monoisotopic (exact) mass is 440 g/mol. The zero-order chi connectivity index (χ0) is 23.1. The van der Waals surface area contributed by atoms with E-state index in [1.54, 1.807) is 60.7 Å². The predicted octanol–water partition coefficient (Wildman–Crippen LogP) is 2.97. The van der Waals surface area contributed by atoms with Crippen molar-refractivity contribution in [3.05, 3.63) is 71.8 Å². The molecule has 0 heterocycles. The molecule has 3 rings (SSSR count). The van der Waals surface area contributed by atoms with E-state index < -0.39 is 40.8 Å². The number of hydrogen-bond donors (Lipinski definition) is 3. The molecule has 1 saturated carbocycles. The fourth-order valence-corrected chi connectivity index (χ4v) is 4.45. The van der Waals surface area contributed by atoms with Crippen LogP contribution in [0.4, 0.5) is 0 Å². The standard InChI is InChI=1S/C24H28N2O6/c25-23(29)24(16-20(27)26(30)31,15-17-9-3-1-4-10-17)21(18-11-5-2-6-12-18)22(28)32-19-13-7-8-14-19/h1-6,9-12,19,21,30-31H,7-8,13-16H2,(H2,25,29)/t21?,24-/m0/s1. The summed E-state index contributed by atoms with van der Waals surface area (Å²) in [5.74, 6) is -3.94. The van der Waals surface area contributed by atoms with E-state index in [1.807, 2.05) is 0 Å². The van der Waals surface area contributed by atoms with E-state index in [0.29, 0.717) is 11.1 Å². The molecule has 1 fully saturated rings. The number of carbonyl (C=O) groups is 3. The Morgan fingerprint density at radius 3 is 2.09 bits per heavy atom. The molecule has 0 radical (unpaired) electrons. The molecule has 2 amide bonds. The number of hydrogen-bond acceptors (Lipinski definition) is 6. The zero-order valence-corrected chi connectivity index (χ0v) is 17.7. The molecule has 0 spiro atoms. The molecule has 2 atom stereocenters. The molecule has 170 valence electrons. The van der Waals surface area contributed by atoms with Crippen LogP contribution in [0.15, 0.2) is 60.7 Å². The first kappa shape index (κ1) is 23.4. The van der Waals surface area contributed by atoms with Crippen molar-refractivity contribution in [2.75, 3.05) is 0 Å². The Morgan fingerprint density at radius 1 is 1.00 bits per heavy atom. The molecule has 0 aromatic heterocycles. The summed E-state index contributed by atoms with van der Waals surface area (Å²) in [5.41, 5.74) is 5.20. The van der Waals surface area contributed by atoms with E-state index in [-0.39, 0.29) is 12.5 Å². The van der Waals surface area contributed by atoms with Crippen LogP contribution in [-0.2, 0) is 25.5 Å². The van der Waals surface area contributed by atoms with Gasteiger partial charge in [-0.15, -0.1) is 0 Å². The number of hydroxylamine groups is 2. The van der Waals surface area contributed by atoms with Gasteiger partial charge in [0.1, 0.15) is 6.10 Å². The molecule has 0 saturated heterocycles. The van der Waals surface area contributed by atoms with Crippen molar-refractivity contribution in [3.63, 3.8) is 0 Å². The van der Waals surface area contributed by atoms with Crippen LogP contribution in [0.1, 0.15) is 49.1 Å². The second kappa shape index (κ2) is 10.4. The number of benzene rings is 2. The number of ether oxygens (including phenoxy) is 1. The van der Waals surface area contributed by atoms with Crippen LogP contribution < -0.4 is 5.73 Å². The van der Waals surface area contributed by atoms with E-state index in [4.69, 9.17) is 10.5 Å². The quantitative estimate of drug-likeness (QED) is 0.312. The smallest absolute Gasteiger partial charge is 0.314 e. The van der Waals surface area contributed by atoms with Gasteiger partial charge in [-0.3, -0.25) is 24.8 Å². The van der Waals surface area contributed by atoms with E-state index >= 15 is 0 Å².